The van der Waals surface area contributed by atoms with Crippen molar-refractivity contribution in [1.29, 1.82) is 0 Å². The second-order valence-corrected chi connectivity index (χ2v) is 22.1. The average Bonchev–Trinajstić information content (AvgIpc) is 3.57. The summed E-state index contributed by atoms with van der Waals surface area (Å²) in [6, 6.07) is 0. The molecule has 0 radical (unpaired) electrons. The molecule has 1 aliphatic heterocycles. The number of hydrogen-bond donors (Lipinski definition) is 9. The highest BCUT2D eigenvalue weighted by Gasteiger charge is 2.24. The van der Waals surface area contributed by atoms with Crippen LogP contribution in [0.25, 0.3) is 0 Å². The van der Waals surface area contributed by atoms with Gasteiger partial charge in [-0.05, 0) is 125 Å². The SMILES string of the molecule is CC(C)(C)OC(=O)NCCN(CCNC(=O)OC(C)(C)C)C(=O)CCC(=O)O.CC(C)(C)OC(=O)NCCNCCNC(=O)OC(C)(C)C.CC(C)(C)OC(=O)OC(C)(C)C.NCCNCCN.O=C1CCC(=O)O1. The number of carbonyl (C=O) groups excluding carboxylic acids is 8. The van der Waals surface area contributed by atoms with Gasteiger partial charge in [-0.15, -0.1) is 0 Å². The summed E-state index contributed by atoms with van der Waals surface area (Å²) in [5.74, 6) is -2.26. The van der Waals surface area contributed by atoms with Crippen molar-refractivity contribution in [3.63, 3.8) is 0 Å². The van der Waals surface area contributed by atoms with Gasteiger partial charge in [0.05, 0.1) is 19.3 Å². The Morgan fingerprint density at radius 2 is 0.733 bits per heavy atom. The first-order valence-corrected chi connectivity index (χ1v) is 24.8. The van der Waals surface area contributed by atoms with Gasteiger partial charge in [0.25, 0.3) is 0 Å². The van der Waals surface area contributed by atoms with Crippen molar-refractivity contribution in [2.45, 2.75) is 184 Å². The summed E-state index contributed by atoms with van der Waals surface area (Å²) in [6.07, 6.45) is -2.66. The van der Waals surface area contributed by atoms with Gasteiger partial charge in [-0.25, -0.2) is 24.0 Å². The van der Waals surface area contributed by atoms with Crippen molar-refractivity contribution in [2.24, 2.45) is 11.5 Å². The first-order chi connectivity index (χ1) is 34.0. The van der Waals surface area contributed by atoms with E-state index in [2.05, 4.69) is 36.6 Å². The summed E-state index contributed by atoms with van der Waals surface area (Å²) in [6.45, 7) is 37.9. The molecule has 1 heterocycles. The minimum absolute atomic E-state index is 0.125. The maximum atomic E-state index is 12.2. The standard InChI is InChI=1S/C18H33N3O7.C14H29N3O4.C9H18O3.C4H13N3.C4H4O3/c1-17(2,3)27-15(25)19-9-11-21(13(22)7-8-14(23)24)12-10-20-16(26)28-18(4,5)6;1-13(2,3)20-11(18)16-9-7-15-8-10-17-12(19)21-14(4,5)6;1-8(2,3)11-7(10)12-9(4,5)6;5-1-3-7-4-2-6;5-3-1-2-4(6)7-3/h7-12H2,1-6H3,(H,19,25)(H,20,26)(H,23,24);15H,7-10H2,1-6H3,(H,16,18)(H,17,19);1-6H3;7H,1-6H2;1-2H2. The number of carboxylic acid groups (broad SMARTS) is 1. The Bertz CT molecular complexity index is 1590. The van der Waals surface area contributed by atoms with E-state index in [1.165, 1.54) is 4.90 Å². The van der Waals surface area contributed by atoms with Crippen molar-refractivity contribution < 1.29 is 81.4 Å². The lowest BCUT2D eigenvalue weighted by Crippen LogP contribution is -2.44. The Morgan fingerprint density at radius 3 is 0.973 bits per heavy atom. The maximum absolute atomic E-state index is 12.2. The summed E-state index contributed by atoms with van der Waals surface area (Å²) in [4.78, 5) is 101. The van der Waals surface area contributed by atoms with E-state index >= 15 is 0 Å². The number of nitrogens with zero attached hydrogens (tertiary/aromatic N) is 1. The van der Waals surface area contributed by atoms with Crippen LogP contribution in [0.5, 0.6) is 0 Å². The van der Waals surface area contributed by atoms with Crippen LogP contribution in [0.3, 0.4) is 0 Å². The first-order valence-electron chi connectivity index (χ1n) is 24.8. The van der Waals surface area contributed by atoms with Crippen molar-refractivity contribution in [3.05, 3.63) is 0 Å². The van der Waals surface area contributed by atoms with E-state index in [1.807, 2.05) is 41.5 Å². The average molecular weight is 1080 g/mol. The number of nitrogens with two attached hydrogens (primary N) is 2. The molecule has 5 amide bonds. The summed E-state index contributed by atoms with van der Waals surface area (Å²) in [5.41, 5.74) is 7.10. The molecule has 75 heavy (non-hydrogen) atoms. The zero-order chi connectivity index (χ0) is 59.3. The fourth-order valence-corrected chi connectivity index (χ4v) is 4.49. The lowest BCUT2D eigenvalue weighted by molar-refractivity contribution is -0.152. The molecule has 1 aliphatic rings. The zero-order valence-corrected chi connectivity index (χ0v) is 48.4. The maximum Gasteiger partial charge on any atom is 0.509 e. The van der Waals surface area contributed by atoms with Crippen LogP contribution in [-0.2, 0) is 52.3 Å². The number of cyclic esters (lactones) is 2. The van der Waals surface area contributed by atoms with E-state index in [-0.39, 0.29) is 57.8 Å². The molecule has 440 valence electrons. The van der Waals surface area contributed by atoms with E-state index in [0.29, 0.717) is 39.3 Å². The zero-order valence-electron chi connectivity index (χ0n) is 48.4. The fraction of sp³-hybridized carbons (Fsp3) is 0.816. The lowest BCUT2D eigenvalue weighted by atomic mass is 10.2. The van der Waals surface area contributed by atoms with Gasteiger partial charge in [-0.3, -0.25) is 19.2 Å². The molecule has 0 spiro atoms. The van der Waals surface area contributed by atoms with Gasteiger partial charge in [-0.1, -0.05) is 0 Å². The van der Waals surface area contributed by atoms with Crippen LogP contribution in [-0.4, -0.2) is 176 Å². The number of ether oxygens (including phenoxy) is 7. The second kappa shape index (κ2) is 38.8. The minimum atomic E-state index is -1.08. The number of alkyl carbamates (subject to hydrolysis) is 4. The van der Waals surface area contributed by atoms with E-state index in [9.17, 15) is 43.2 Å². The first kappa shape index (κ1) is 75.8. The molecular formula is C49H97N9O17. The Labute approximate surface area is 445 Å². The van der Waals surface area contributed by atoms with Gasteiger partial charge in [-0.2, -0.15) is 0 Å². The highest BCUT2D eigenvalue weighted by atomic mass is 16.7. The van der Waals surface area contributed by atoms with Crippen LogP contribution in [0, 0.1) is 0 Å². The monoisotopic (exact) mass is 1080 g/mol. The van der Waals surface area contributed by atoms with E-state index in [0.717, 1.165) is 13.1 Å². The fourth-order valence-electron chi connectivity index (χ4n) is 4.49. The molecule has 0 atom stereocenters. The number of rotatable bonds is 19. The summed E-state index contributed by atoms with van der Waals surface area (Å²) >= 11 is 0. The number of esters is 2. The third-order valence-corrected chi connectivity index (χ3v) is 7.13. The second-order valence-electron chi connectivity index (χ2n) is 22.1. The minimum Gasteiger partial charge on any atom is -0.481 e. The van der Waals surface area contributed by atoms with E-state index in [4.69, 9.17) is 45.0 Å². The van der Waals surface area contributed by atoms with Gasteiger partial charge in [0.1, 0.15) is 33.6 Å². The van der Waals surface area contributed by atoms with Crippen molar-refractivity contribution in [2.75, 3.05) is 78.5 Å². The number of amides is 5. The molecule has 1 saturated heterocycles. The van der Waals surface area contributed by atoms with Crippen molar-refractivity contribution >= 4 is 54.3 Å². The Hall–Kier alpha value is -5.73. The van der Waals surface area contributed by atoms with Crippen LogP contribution in [0.1, 0.15) is 150 Å². The topological polar surface area (TPSA) is 366 Å². The van der Waals surface area contributed by atoms with Gasteiger partial charge in [0.2, 0.25) is 5.91 Å². The predicted octanol–water partition coefficient (Wildman–Crippen LogP) is 4.43. The molecular weight excluding hydrogens is 987 g/mol. The number of carbonyl (C=O) groups is 9. The summed E-state index contributed by atoms with van der Waals surface area (Å²) in [5, 5.41) is 25.2. The van der Waals surface area contributed by atoms with Gasteiger partial charge in [0, 0.05) is 85.0 Å². The van der Waals surface area contributed by atoms with Crippen molar-refractivity contribution in [3.8, 4) is 0 Å². The van der Waals surface area contributed by atoms with Crippen LogP contribution in [0.15, 0.2) is 0 Å². The van der Waals surface area contributed by atoms with Gasteiger partial charge >= 0.3 is 48.4 Å². The largest absolute Gasteiger partial charge is 0.509 e. The molecule has 0 aromatic carbocycles. The van der Waals surface area contributed by atoms with Crippen LogP contribution in [0.4, 0.5) is 24.0 Å². The van der Waals surface area contributed by atoms with Crippen LogP contribution in [0.2, 0.25) is 0 Å². The predicted molar refractivity (Wildman–Crippen MR) is 282 cm³/mol. The third kappa shape index (κ3) is 64.3. The smallest absolute Gasteiger partial charge is 0.481 e. The van der Waals surface area contributed by atoms with Gasteiger partial charge < -0.3 is 86.5 Å². The van der Waals surface area contributed by atoms with Crippen LogP contribution >= 0.6 is 0 Å². The normalized spacial score (nSPS) is 12.3. The molecule has 26 nitrogen and oxygen atoms in total. The molecule has 0 aliphatic carbocycles. The Balaban J connectivity index is -0.000000465. The summed E-state index contributed by atoms with van der Waals surface area (Å²) < 4.78 is 34.4. The highest BCUT2D eigenvalue weighted by molar-refractivity contribution is 5.92. The lowest BCUT2D eigenvalue weighted by Gasteiger charge is -2.25. The third-order valence-electron chi connectivity index (χ3n) is 7.13. The van der Waals surface area contributed by atoms with E-state index < -0.39 is 82.0 Å². The molecule has 11 N–H and O–H groups in total. The number of hydrogen-bond acceptors (Lipinski definition) is 20. The van der Waals surface area contributed by atoms with Crippen molar-refractivity contribution in [1.82, 2.24) is 36.8 Å². The molecule has 1 fully saturated rings. The number of nitrogens with one attached hydrogen (secondary N) is 6. The van der Waals surface area contributed by atoms with Crippen LogP contribution < -0.4 is 43.4 Å². The highest BCUT2D eigenvalue weighted by Crippen LogP contribution is 2.14. The summed E-state index contributed by atoms with van der Waals surface area (Å²) in [7, 11) is 0. The molecule has 0 saturated carbocycles. The quantitative estimate of drug-likeness (QED) is 0.0374. The molecule has 0 bridgehead atoms. The Kier molecular flexibility index (Phi) is 39.2. The molecule has 0 aromatic rings. The molecule has 0 aromatic heterocycles. The Morgan fingerprint density at radius 1 is 0.453 bits per heavy atom. The molecule has 1 rings (SSSR count). The number of carboxylic acids is 1. The van der Waals surface area contributed by atoms with E-state index in [1.54, 1.807) is 83.1 Å². The molecule has 26 heteroatoms. The number of aliphatic carboxylic acids is 1. The van der Waals surface area contributed by atoms with Gasteiger partial charge in [0.15, 0.2) is 0 Å². The molecule has 0 unspecified atom stereocenters.